The lowest BCUT2D eigenvalue weighted by atomic mass is 9.84. The topological polar surface area (TPSA) is 125 Å². The monoisotopic (exact) mass is 929 g/mol. The zero-order valence-electron chi connectivity index (χ0n) is 40.8. The van der Waals surface area contributed by atoms with Crippen LogP contribution in [0.1, 0.15) is 74.9 Å². The maximum Gasteiger partial charge on any atom is 0.248 e. The van der Waals surface area contributed by atoms with Crippen LogP contribution in [0.3, 0.4) is 0 Å². The molecule has 2 aliphatic rings. The average Bonchev–Trinajstić information content (AvgIpc) is 3.22. The van der Waals surface area contributed by atoms with E-state index in [4.69, 9.17) is 18.9 Å². The van der Waals surface area contributed by atoms with E-state index in [1.165, 1.54) is 0 Å². The first kappa shape index (κ1) is 53.4. The Balaban J connectivity index is 2.03. The molecule has 4 amide bonds. The highest BCUT2D eigenvalue weighted by Crippen LogP contribution is 2.38. The van der Waals surface area contributed by atoms with E-state index in [-0.39, 0.29) is 60.9 Å². The molecule has 14 nitrogen and oxygen atoms in total. The fourth-order valence-electron chi connectivity index (χ4n) is 7.74. The predicted octanol–water partition coefficient (Wildman–Crippen LogP) is 4.96. The third-order valence-electron chi connectivity index (χ3n) is 11.7. The summed E-state index contributed by atoms with van der Waals surface area (Å²) in [5.74, 6) is 0.979. The van der Waals surface area contributed by atoms with Gasteiger partial charge in [0.05, 0.1) is 0 Å². The van der Waals surface area contributed by atoms with Crippen molar-refractivity contribution in [2.75, 3.05) is 133 Å². The molecule has 0 aromatic heterocycles. The number of carbonyl (C=O) groups excluding carboxylic acids is 4. The molecule has 2 heterocycles. The summed E-state index contributed by atoms with van der Waals surface area (Å²) in [5, 5.41) is 0. The van der Waals surface area contributed by atoms with Crippen LogP contribution in [0.5, 0.6) is 0 Å². The predicted molar refractivity (Wildman–Crippen MR) is 256 cm³/mol. The molecule has 2 aromatic carbocycles. The quantitative estimate of drug-likeness (QED) is 0.356. The Bertz CT molecular complexity index is 1650. The summed E-state index contributed by atoms with van der Waals surface area (Å²) in [4.78, 5) is 69.5. The van der Waals surface area contributed by atoms with Crippen molar-refractivity contribution in [3.05, 3.63) is 57.6 Å². The van der Waals surface area contributed by atoms with Gasteiger partial charge in [-0.2, -0.15) is 0 Å². The first-order valence-electron chi connectivity index (χ1n) is 22.3. The van der Waals surface area contributed by atoms with Crippen LogP contribution in [0.2, 0.25) is 0 Å². The minimum atomic E-state index is -0.222. The van der Waals surface area contributed by atoms with Crippen molar-refractivity contribution < 1.29 is 38.1 Å². The van der Waals surface area contributed by atoms with Crippen LogP contribution in [-0.4, -0.2) is 186 Å². The van der Waals surface area contributed by atoms with Crippen molar-refractivity contribution in [2.24, 2.45) is 0 Å². The van der Waals surface area contributed by atoms with Gasteiger partial charge in [-0.15, -0.1) is 23.5 Å². The first-order chi connectivity index (χ1) is 30.3. The Labute approximate surface area is 392 Å². The minimum absolute atomic E-state index is 0.0492. The van der Waals surface area contributed by atoms with Crippen LogP contribution in [0, 0.1) is 0 Å². The third kappa shape index (κ3) is 15.7. The number of likely N-dealkylation sites (N-methyl/N-ethyl adjacent to an activating group) is 2. The Kier molecular flexibility index (Phi) is 20.9. The van der Waals surface area contributed by atoms with E-state index in [9.17, 15) is 19.2 Å². The summed E-state index contributed by atoms with van der Waals surface area (Å²) in [6, 6.07) is 8.98. The summed E-state index contributed by atoms with van der Waals surface area (Å²) in [6.45, 7) is 18.5. The van der Waals surface area contributed by atoms with Gasteiger partial charge in [-0.1, -0.05) is 65.8 Å². The van der Waals surface area contributed by atoms with Gasteiger partial charge in [0, 0.05) is 128 Å². The van der Waals surface area contributed by atoms with E-state index in [1.54, 1.807) is 52.0 Å². The molecular weight excluding hydrogens is 853 g/mol. The molecule has 2 bridgehead atoms. The highest BCUT2D eigenvalue weighted by molar-refractivity contribution is 8.03. The molecule has 0 fully saturated rings. The molecular formula is C48H76N6O8S2. The number of thioether (sulfide) groups is 2. The number of rotatable bonds is 8. The van der Waals surface area contributed by atoms with Gasteiger partial charge in [0.1, 0.15) is 26.4 Å². The molecule has 0 atom stereocenters. The SMILES string of the molecule is COCC(=O)N1CCN(C)CCN(C(=O)COC)Cc2cc(C(C)(C)C)cc3c2SCCSc2c(cc(C(C)(C)C)cc2CN(C(=O)COC)CCN(C)CCN(C(=O)COC)C3)C1. The van der Waals surface area contributed by atoms with Gasteiger partial charge in [0.2, 0.25) is 23.6 Å². The van der Waals surface area contributed by atoms with Crippen molar-refractivity contribution in [2.45, 2.75) is 88.3 Å². The van der Waals surface area contributed by atoms with Crippen LogP contribution < -0.4 is 0 Å². The summed E-state index contributed by atoms with van der Waals surface area (Å²) in [6.07, 6.45) is 0. The van der Waals surface area contributed by atoms with Gasteiger partial charge >= 0.3 is 0 Å². The largest absolute Gasteiger partial charge is 0.375 e. The number of nitrogens with zero attached hydrogens (tertiary/aromatic N) is 6. The van der Waals surface area contributed by atoms with Crippen LogP contribution in [0.15, 0.2) is 34.1 Å². The van der Waals surface area contributed by atoms with Gasteiger partial charge in [-0.25, -0.2) is 0 Å². The van der Waals surface area contributed by atoms with E-state index < -0.39 is 0 Å². The smallest absolute Gasteiger partial charge is 0.248 e. The molecule has 4 rings (SSSR count). The highest BCUT2D eigenvalue weighted by Gasteiger charge is 2.28. The number of amides is 4. The average molecular weight is 929 g/mol. The molecule has 0 spiro atoms. The zero-order valence-corrected chi connectivity index (χ0v) is 42.4. The van der Waals surface area contributed by atoms with Crippen molar-refractivity contribution >= 4 is 47.2 Å². The molecule has 2 aromatic rings. The van der Waals surface area contributed by atoms with Crippen LogP contribution >= 0.6 is 23.5 Å². The maximum atomic E-state index is 13.9. The van der Waals surface area contributed by atoms with Crippen molar-refractivity contribution in [3.63, 3.8) is 0 Å². The number of hydrogen-bond acceptors (Lipinski definition) is 12. The molecule has 2 aliphatic heterocycles. The molecule has 0 saturated heterocycles. The highest BCUT2D eigenvalue weighted by atomic mass is 32.2. The Hall–Kier alpha value is -3.22. The maximum absolute atomic E-state index is 13.9. The lowest BCUT2D eigenvalue weighted by Gasteiger charge is -2.32. The fraction of sp³-hybridized carbons (Fsp3) is 0.667. The number of ether oxygens (including phenoxy) is 4. The Morgan fingerprint density at radius 1 is 0.453 bits per heavy atom. The van der Waals surface area contributed by atoms with E-state index in [0.717, 1.165) is 43.2 Å². The zero-order chi connectivity index (χ0) is 47.2. The van der Waals surface area contributed by atoms with E-state index >= 15 is 0 Å². The molecule has 0 saturated carbocycles. The van der Waals surface area contributed by atoms with Crippen molar-refractivity contribution in [1.82, 2.24) is 29.4 Å². The van der Waals surface area contributed by atoms with Crippen LogP contribution in [-0.2, 0) is 75.1 Å². The van der Waals surface area contributed by atoms with Crippen molar-refractivity contribution in [3.8, 4) is 0 Å². The van der Waals surface area contributed by atoms with Crippen LogP contribution in [0.25, 0.3) is 0 Å². The molecule has 0 radical (unpaired) electrons. The number of benzene rings is 2. The second-order valence-corrected chi connectivity index (χ2v) is 21.3. The van der Waals surface area contributed by atoms with Gasteiger partial charge in [0.25, 0.3) is 0 Å². The normalized spacial score (nSPS) is 17.5. The summed E-state index contributed by atoms with van der Waals surface area (Å²) < 4.78 is 21.6. The molecule has 0 unspecified atom stereocenters. The fourth-order valence-corrected chi connectivity index (χ4v) is 10.1. The number of fused-ring (bicyclic) bond motifs is 3. The van der Waals surface area contributed by atoms with Gasteiger partial charge in [-0.05, 0) is 58.3 Å². The Morgan fingerprint density at radius 2 is 0.688 bits per heavy atom. The second kappa shape index (κ2) is 25.1. The van der Waals surface area contributed by atoms with E-state index in [1.807, 2.05) is 33.7 Å². The number of hydrogen-bond donors (Lipinski definition) is 0. The molecule has 16 heteroatoms. The second-order valence-electron chi connectivity index (χ2n) is 19.0. The van der Waals surface area contributed by atoms with Crippen molar-refractivity contribution in [1.29, 1.82) is 0 Å². The van der Waals surface area contributed by atoms with E-state index in [2.05, 4.69) is 75.6 Å². The number of methoxy groups -OCH3 is 4. The third-order valence-corrected chi connectivity index (χ3v) is 14.4. The van der Waals surface area contributed by atoms with E-state index in [0.29, 0.717) is 90.0 Å². The summed E-state index contributed by atoms with van der Waals surface area (Å²) in [5.41, 5.74) is 5.92. The summed E-state index contributed by atoms with van der Waals surface area (Å²) in [7, 11) is 10.2. The van der Waals surface area contributed by atoms with Gasteiger partial charge in [0.15, 0.2) is 0 Å². The van der Waals surface area contributed by atoms with Gasteiger partial charge < -0.3 is 48.3 Å². The van der Waals surface area contributed by atoms with Gasteiger partial charge in [-0.3, -0.25) is 19.2 Å². The Morgan fingerprint density at radius 3 is 0.891 bits per heavy atom. The standard InChI is InChI=1S/C48H76N6O8S2/c1-47(2,3)39-23-35-27-51(41(55)31-59-9)17-13-49(7)15-19-53(43(57)33-61-11)29-37-25-40(48(4,5)6)26-38-30-54(44(58)34-62-12)20-16-50(8)14-18-52(42(56)32-60-10)28-36(24-39)45(35)63-21-22-64-46(37)38/h23-26H,13-22,27-34H2,1-12H3. The molecule has 0 N–H and O–H groups in total. The molecule has 64 heavy (non-hydrogen) atoms. The van der Waals surface area contributed by atoms with Crippen LogP contribution in [0.4, 0.5) is 0 Å². The summed E-state index contributed by atoms with van der Waals surface area (Å²) >= 11 is 3.50. The lowest BCUT2D eigenvalue weighted by molar-refractivity contribution is -0.137. The lowest BCUT2D eigenvalue weighted by Crippen LogP contribution is -2.43. The molecule has 0 aliphatic carbocycles. The minimum Gasteiger partial charge on any atom is -0.375 e. The molecule has 358 valence electrons. The number of carbonyl (C=O) groups is 4. The first-order valence-corrected chi connectivity index (χ1v) is 24.3.